The fraction of sp³-hybridized carbons (Fsp3) is 0.333. The number of ether oxygens (including phenoxy) is 1. The summed E-state index contributed by atoms with van der Waals surface area (Å²) in [6.45, 7) is 3.81. The van der Waals surface area contributed by atoms with E-state index in [1.165, 1.54) is 24.1 Å². The Balaban J connectivity index is 1.88. The van der Waals surface area contributed by atoms with Crippen molar-refractivity contribution in [1.29, 1.82) is 0 Å². The van der Waals surface area contributed by atoms with Crippen LogP contribution in [0.3, 0.4) is 0 Å². The summed E-state index contributed by atoms with van der Waals surface area (Å²) in [6.07, 6.45) is 0.585. The van der Waals surface area contributed by atoms with E-state index in [4.69, 9.17) is 4.74 Å². The molecule has 6 heteroatoms. The average molecular weight is 372 g/mol. The van der Waals surface area contributed by atoms with Crippen LogP contribution in [0.5, 0.6) is 5.75 Å². The second kappa shape index (κ2) is 9.16. The Kier molecular flexibility index (Phi) is 6.93. The predicted octanol–water partition coefficient (Wildman–Crippen LogP) is 3.48. The zero-order valence-electron chi connectivity index (χ0n) is 16.1. The van der Waals surface area contributed by atoms with E-state index in [9.17, 15) is 14.0 Å². The first kappa shape index (κ1) is 20.4. The van der Waals surface area contributed by atoms with E-state index in [0.29, 0.717) is 12.0 Å². The maximum atomic E-state index is 13.7. The zero-order chi connectivity index (χ0) is 20.0. The van der Waals surface area contributed by atoms with Crippen LogP contribution in [-0.2, 0) is 16.0 Å². The van der Waals surface area contributed by atoms with Gasteiger partial charge in [-0.05, 0) is 49.1 Å². The second-order valence-electron chi connectivity index (χ2n) is 6.53. The van der Waals surface area contributed by atoms with Gasteiger partial charge < -0.3 is 15.0 Å². The van der Waals surface area contributed by atoms with Crippen LogP contribution in [-0.4, -0.2) is 37.4 Å². The molecule has 2 aromatic carbocycles. The monoisotopic (exact) mass is 372 g/mol. The molecule has 0 aromatic heterocycles. The highest BCUT2D eigenvalue weighted by Crippen LogP contribution is 2.20. The van der Waals surface area contributed by atoms with Crippen molar-refractivity contribution in [2.45, 2.75) is 26.7 Å². The molecule has 144 valence electrons. The minimum absolute atomic E-state index is 0.0381. The Morgan fingerprint density at radius 2 is 1.81 bits per heavy atom. The first-order valence-corrected chi connectivity index (χ1v) is 8.74. The normalized spacial score (nSPS) is 10.4. The highest BCUT2D eigenvalue weighted by molar-refractivity contribution is 5.95. The van der Waals surface area contributed by atoms with Crippen molar-refractivity contribution in [2.24, 2.45) is 0 Å². The number of aryl methyl sites for hydroxylation is 3. The zero-order valence-corrected chi connectivity index (χ0v) is 16.1. The molecule has 0 radical (unpaired) electrons. The molecule has 0 unspecified atom stereocenters. The van der Waals surface area contributed by atoms with Crippen molar-refractivity contribution in [3.63, 3.8) is 0 Å². The van der Waals surface area contributed by atoms with Gasteiger partial charge in [-0.25, -0.2) is 4.39 Å². The molecule has 2 aromatic rings. The Labute approximate surface area is 159 Å². The van der Waals surface area contributed by atoms with Crippen molar-refractivity contribution in [2.75, 3.05) is 26.0 Å². The van der Waals surface area contributed by atoms with Gasteiger partial charge in [0.05, 0.1) is 13.7 Å². The Morgan fingerprint density at radius 1 is 1.15 bits per heavy atom. The van der Waals surface area contributed by atoms with Crippen molar-refractivity contribution in [3.8, 4) is 5.75 Å². The minimum Gasteiger partial charge on any atom is -0.494 e. The number of carbonyl (C=O) groups is 2. The van der Waals surface area contributed by atoms with Gasteiger partial charge in [0, 0.05) is 19.2 Å². The number of anilines is 1. The van der Waals surface area contributed by atoms with Gasteiger partial charge >= 0.3 is 0 Å². The third-order valence-electron chi connectivity index (χ3n) is 4.40. The lowest BCUT2D eigenvalue weighted by atomic mass is 10.1. The van der Waals surface area contributed by atoms with Gasteiger partial charge in [-0.3, -0.25) is 9.59 Å². The molecule has 27 heavy (non-hydrogen) atoms. The first-order chi connectivity index (χ1) is 12.8. The molecule has 0 aliphatic rings. The number of halogens is 1. The number of nitrogens with zero attached hydrogens (tertiary/aromatic N) is 1. The van der Waals surface area contributed by atoms with E-state index in [-0.39, 0.29) is 30.5 Å². The summed E-state index contributed by atoms with van der Waals surface area (Å²) < 4.78 is 18.6. The molecule has 5 nitrogen and oxygen atoms in total. The summed E-state index contributed by atoms with van der Waals surface area (Å²) in [4.78, 5) is 25.9. The topological polar surface area (TPSA) is 58.6 Å². The summed E-state index contributed by atoms with van der Waals surface area (Å²) in [5.74, 6) is -0.712. The number of likely N-dealkylation sites (N-methyl/N-ethyl adjacent to an activating group) is 1. The van der Waals surface area contributed by atoms with Crippen molar-refractivity contribution >= 4 is 17.5 Å². The van der Waals surface area contributed by atoms with Gasteiger partial charge in [-0.2, -0.15) is 0 Å². The van der Waals surface area contributed by atoms with E-state index in [2.05, 4.69) is 5.32 Å². The molecule has 0 spiro atoms. The highest BCUT2D eigenvalue weighted by Gasteiger charge is 2.15. The van der Waals surface area contributed by atoms with Gasteiger partial charge in [-0.1, -0.05) is 24.3 Å². The summed E-state index contributed by atoms with van der Waals surface area (Å²) in [5, 5.41) is 2.86. The van der Waals surface area contributed by atoms with E-state index in [1.54, 1.807) is 13.1 Å². The predicted molar refractivity (Wildman–Crippen MR) is 103 cm³/mol. The van der Waals surface area contributed by atoms with Crippen LogP contribution in [0.4, 0.5) is 10.1 Å². The molecule has 0 heterocycles. The lowest BCUT2D eigenvalue weighted by molar-refractivity contribution is -0.133. The summed E-state index contributed by atoms with van der Waals surface area (Å²) >= 11 is 0. The smallest absolute Gasteiger partial charge is 0.243 e. The number of para-hydroxylation sites is 1. The molecule has 0 aliphatic heterocycles. The molecule has 0 saturated carbocycles. The Hall–Kier alpha value is -2.89. The standard InChI is InChI=1S/C21H25FN2O3/c1-14-6-5-7-15(2)21(14)23-19(25)13-24(3)20(26)11-9-16-8-10-18(27-4)17(22)12-16/h5-8,10,12H,9,11,13H2,1-4H3,(H,23,25). The molecular weight excluding hydrogens is 347 g/mol. The van der Waals surface area contributed by atoms with E-state index in [0.717, 1.165) is 16.8 Å². The lowest BCUT2D eigenvalue weighted by Crippen LogP contribution is -2.35. The minimum atomic E-state index is -0.455. The molecule has 0 fully saturated rings. The second-order valence-corrected chi connectivity index (χ2v) is 6.53. The molecule has 0 aliphatic carbocycles. The Bertz CT molecular complexity index is 816. The number of hydrogen-bond acceptors (Lipinski definition) is 3. The number of benzene rings is 2. The van der Waals surface area contributed by atoms with Crippen LogP contribution in [0, 0.1) is 19.7 Å². The largest absolute Gasteiger partial charge is 0.494 e. The summed E-state index contributed by atoms with van der Waals surface area (Å²) in [5.41, 5.74) is 3.42. The lowest BCUT2D eigenvalue weighted by Gasteiger charge is -2.18. The highest BCUT2D eigenvalue weighted by atomic mass is 19.1. The van der Waals surface area contributed by atoms with E-state index in [1.807, 2.05) is 32.0 Å². The molecular formula is C21H25FN2O3. The molecule has 0 atom stereocenters. The van der Waals surface area contributed by atoms with Crippen molar-refractivity contribution in [3.05, 3.63) is 58.9 Å². The molecule has 2 rings (SSSR count). The van der Waals surface area contributed by atoms with Crippen LogP contribution in [0.25, 0.3) is 0 Å². The first-order valence-electron chi connectivity index (χ1n) is 8.74. The van der Waals surface area contributed by atoms with Crippen LogP contribution >= 0.6 is 0 Å². The van der Waals surface area contributed by atoms with E-state index < -0.39 is 5.82 Å². The summed E-state index contributed by atoms with van der Waals surface area (Å²) in [7, 11) is 2.99. The third kappa shape index (κ3) is 5.54. The number of nitrogens with one attached hydrogen (secondary N) is 1. The van der Waals surface area contributed by atoms with Gasteiger partial charge in [0.25, 0.3) is 0 Å². The van der Waals surface area contributed by atoms with Crippen LogP contribution in [0.2, 0.25) is 0 Å². The fourth-order valence-electron chi connectivity index (χ4n) is 2.80. The quantitative estimate of drug-likeness (QED) is 0.810. The van der Waals surface area contributed by atoms with Gasteiger partial charge in [0.15, 0.2) is 11.6 Å². The number of carbonyl (C=O) groups excluding carboxylic acids is 2. The fourth-order valence-corrected chi connectivity index (χ4v) is 2.80. The Morgan fingerprint density at radius 3 is 2.41 bits per heavy atom. The number of methoxy groups -OCH3 is 1. The van der Waals surface area contributed by atoms with Crippen LogP contribution in [0.15, 0.2) is 36.4 Å². The van der Waals surface area contributed by atoms with Gasteiger partial charge in [0.2, 0.25) is 11.8 Å². The number of hydrogen-bond donors (Lipinski definition) is 1. The molecule has 2 amide bonds. The van der Waals surface area contributed by atoms with Crippen LogP contribution < -0.4 is 10.1 Å². The van der Waals surface area contributed by atoms with E-state index >= 15 is 0 Å². The average Bonchev–Trinajstić information content (AvgIpc) is 2.63. The summed E-state index contributed by atoms with van der Waals surface area (Å²) in [6, 6.07) is 10.4. The van der Waals surface area contributed by atoms with Crippen molar-refractivity contribution in [1.82, 2.24) is 4.90 Å². The maximum absolute atomic E-state index is 13.7. The third-order valence-corrected chi connectivity index (χ3v) is 4.40. The number of rotatable bonds is 7. The maximum Gasteiger partial charge on any atom is 0.243 e. The van der Waals surface area contributed by atoms with Crippen molar-refractivity contribution < 1.29 is 18.7 Å². The number of amides is 2. The van der Waals surface area contributed by atoms with Gasteiger partial charge in [0.1, 0.15) is 0 Å². The molecule has 0 saturated heterocycles. The molecule has 0 bridgehead atoms. The molecule has 1 N–H and O–H groups in total. The SMILES string of the molecule is COc1ccc(CCC(=O)N(C)CC(=O)Nc2c(C)cccc2C)cc1F. The van der Waals surface area contributed by atoms with Crippen LogP contribution in [0.1, 0.15) is 23.1 Å². The van der Waals surface area contributed by atoms with Gasteiger partial charge in [-0.15, -0.1) is 0 Å².